The van der Waals surface area contributed by atoms with Gasteiger partial charge in [0.1, 0.15) is 5.56 Å². The molecule has 0 heterocycles. The first-order valence-electron chi connectivity index (χ1n) is 6.50. The molecule has 8 heteroatoms. The molecule has 21 heavy (non-hydrogen) atoms. The molecule has 0 unspecified atom stereocenters. The first-order valence-corrected chi connectivity index (χ1v) is 7.89. The number of carbonyl (C=O) groups is 1. The average molecular weight is 315 g/mol. The molecular weight excluding hydrogens is 297 g/mol. The van der Waals surface area contributed by atoms with Gasteiger partial charge in [0.15, 0.2) is 5.82 Å². The smallest absolute Gasteiger partial charge is 0.285 e. The van der Waals surface area contributed by atoms with Crippen LogP contribution in [0.5, 0.6) is 0 Å². The molecule has 0 saturated carbocycles. The van der Waals surface area contributed by atoms with Crippen molar-refractivity contribution in [1.29, 1.82) is 0 Å². The van der Waals surface area contributed by atoms with Crippen LogP contribution in [0.1, 0.15) is 23.7 Å². The van der Waals surface area contributed by atoms with E-state index in [1.807, 2.05) is 6.26 Å². The van der Waals surface area contributed by atoms with Crippen LogP contribution in [0.4, 0.5) is 15.8 Å². The number of hydrogen-bond acceptors (Lipinski definition) is 5. The van der Waals surface area contributed by atoms with Gasteiger partial charge in [-0.15, -0.1) is 0 Å². The Morgan fingerprint density at radius 3 is 2.76 bits per heavy atom. The zero-order valence-electron chi connectivity index (χ0n) is 11.9. The predicted octanol–water partition coefficient (Wildman–Crippen LogP) is 2.65. The number of nitro groups is 1. The maximum absolute atomic E-state index is 13.7. The molecule has 0 fully saturated rings. The van der Waals surface area contributed by atoms with Crippen molar-refractivity contribution in [3.8, 4) is 0 Å². The number of amides is 1. The minimum atomic E-state index is -0.754. The molecule has 116 valence electrons. The van der Waals surface area contributed by atoms with E-state index < -0.39 is 22.3 Å². The molecule has 1 aromatic carbocycles. The molecule has 0 bridgehead atoms. The summed E-state index contributed by atoms with van der Waals surface area (Å²) in [7, 11) is 0. The van der Waals surface area contributed by atoms with E-state index in [1.165, 1.54) is 6.07 Å². The van der Waals surface area contributed by atoms with Crippen molar-refractivity contribution in [1.82, 2.24) is 5.32 Å². The van der Waals surface area contributed by atoms with Gasteiger partial charge < -0.3 is 10.6 Å². The van der Waals surface area contributed by atoms with Crippen LogP contribution in [0.25, 0.3) is 0 Å². The minimum Gasteiger partial charge on any atom is -0.383 e. The van der Waals surface area contributed by atoms with Crippen LogP contribution in [-0.4, -0.2) is 35.9 Å². The van der Waals surface area contributed by atoms with Gasteiger partial charge in [-0.1, -0.05) is 0 Å². The van der Waals surface area contributed by atoms with Crippen molar-refractivity contribution >= 4 is 29.0 Å². The van der Waals surface area contributed by atoms with Gasteiger partial charge in [-0.2, -0.15) is 11.8 Å². The molecule has 1 aromatic rings. The van der Waals surface area contributed by atoms with Gasteiger partial charge >= 0.3 is 0 Å². The number of halogens is 1. The number of rotatable bonds is 8. The fraction of sp³-hybridized carbons (Fsp3) is 0.462. The van der Waals surface area contributed by atoms with Gasteiger partial charge in [0.25, 0.3) is 11.6 Å². The summed E-state index contributed by atoms with van der Waals surface area (Å²) in [6.45, 7) is 2.64. The number of carbonyl (C=O) groups excluding carboxylic acids is 1. The Morgan fingerprint density at radius 1 is 1.48 bits per heavy atom. The van der Waals surface area contributed by atoms with E-state index in [0.29, 0.717) is 13.1 Å². The molecule has 6 nitrogen and oxygen atoms in total. The minimum absolute atomic E-state index is 0.0809. The summed E-state index contributed by atoms with van der Waals surface area (Å²) in [6.07, 6.45) is 2.72. The lowest BCUT2D eigenvalue weighted by molar-refractivity contribution is -0.385. The molecule has 0 saturated heterocycles. The quantitative estimate of drug-likeness (QED) is 0.438. The molecule has 0 atom stereocenters. The highest BCUT2D eigenvalue weighted by Crippen LogP contribution is 2.26. The van der Waals surface area contributed by atoms with Crippen LogP contribution in [0, 0.1) is 15.9 Å². The lowest BCUT2D eigenvalue weighted by Gasteiger charge is -2.09. The highest BCUT2D eigenvalue weighted by molar-refractivity contribution is 7.98. The van der Waals surface area contributed by atoms with Crippen LogP contribution >= 0.6 is 11.8 Å². The Hall–Kier alpha value is -1.83. The first-order chi connectivity index (χ1) is 10.0. The fourth-order valence-corrected chi connectivity index (χ4v) is 2.17. The zero-order chi connectivity index (χ0) is 15.8. The van der Waals surface area contributed by atoms with Crippen molar-refractivity contribution < 1.29 is 14.1 Å². The average Bonchev–Trinajstić information content (AvgIpc) is 2.45. The Balaban J connectivity index is 2.98. The second kappa shape index (κ2) is 8.46. The summed E-state index contributed by atoms with van der Waals surface area (Å²) in [6, 6.07) is 1.95. The maximum atomic E-state index is 13.7. The normalized spacial score (nSPS) is 10.2. The summed E-state index contributed by atoms with van der Waals surface area (Å²) in [5, 5.41) is 16.3. The zero-order valence-corrected chi connectivity index (χ0v) is 12.8. The molecule has 0 radical (unpaired) electrons. The second-order valence-electron chi connectivity index (χ2n) is 4.24. The monoisotopic (exact) mass is 315 g/mol. The van der Waals surface area contributed by atoms with Crippen LogP contribution in [0.2, 0.25) is 0 Å². The lowest BCUT2D eigenvalue weighted by Crippen LogP contribution is -2.26. The predicted molar refractivity (Wildman–Crippen MR) is 82.6 cm³/mol. The summed E-state index contributed by atoms with van der Waals surface area (Å²) in [5.41, 5.74) is -0.588. The third-order valence-corrected chi connectivity index (χ3v) is 3.40. The Bertz CT molecular complexity index is 526. The van der Waals surface area contributed by atoms with Gasteiger partial charge in [0, 0.05) is 13.1 Å². The van der Waals surface area contributed by atoms with E-state index in [0.717, 1.165) is 18.2 Å². The molecule has 2 N–H and O–H groups in total. The third kappa shape index (κ3) is 4.89. The van der Waals surface area contributed by atoms with Gasteiger partial charge in [-0.05, 0) is 31.4 Å². The summed E-state index contributed by atoms with van der Waals surface area (Å²) < 4.78 is 13.7. The van der Waals surface area contributed by atoms with E-state index in [-0.39, 0.29) is 11.3 Å². The molecule has 1 amide bonds. The summed E-state index contributed by atoms with van der Waals surface area (Å²) >= 11 is 1.65. The van der Waals surface area contributed by atoms with E-state index in [4.69, 9.17) is 0 Å². The van der Waals surface area contributed by atoms with Crippen molar-refractivity contribution in [3.63, 3.8) is 0 Å². The Labute approximate surface area is 126 Å². The van der Waals surface area contributed by atoms with Crippen LogP contribution < -0.4 is 10.6 Å². The summed E-state index contributed by atoms with van der Waals surface area (Å²) in [5.74, 6) is -0.432. The summed E-state index contributed by atoms with van der Waals surface area (Å²) in [4.78, 5) is 22.2. The standard InChI is InChI=1S/C13H18FN3O3S/c1-3-15-11-7-9(12(17(19)20)8-10(11)14)13(18)16-5-4-6-21-2/h7-8,15H,3-6H2,1-2H3,(H,16,18). The highest BCUT2D eigenvalue weighted by atomic mass is 32.2. The molecule has 0 aromatic heterocycles. The molecular formula is C13H18FN3O3S. The molecule has 1 rings (SSSR count). The van der Waals surface area contributed by atoms with E-state index in [1.54, 1.807) is 18.7 Å². The van der Waals surface area contributed by atoms with E-state index >= 15 is 0 Å². The van der Waals surface area contributed by atoms with Gasteiger partial charge in [0.2, 0.25) is 0 Å². The van der Waals surface area contributed by atoms with Crippen molar-refractivity contribution in [2.75, 3.05) is 30.4 Å². The van der Waals surface area contributed by atoms with E-state index in [9.17, 15) is 19.3 Å². The largest absolute Gasteiger partial charge is 0.383 e. The molecule has 0 aliphatic heterocycles. The van der Waals surface area contributed by atoms with Crippen molar-refractivity contribution in [3.05, 3.63) is 33.6 Å². The molecule has 0 spiro atoms. The number of hydrogen-bond donors (Lipinski definition) is 2. The second-order valence-corrected chi connectivity index (χ2v) is 5.22. The Morgan fingerprint density at radius 2 is 2.19 bits per heavy atom. The van der Waals surface area contributed by atoms with Crippen molar-refractivity contribution in [2.45, 2.75) is 13.3 Å². The number of nitrogens with one attached hydrogen (secondary N) is 2. The molecule has 0 aliphatic carbocycles. The SMILES string of the molecule is CCNc1cc(C(=O)NCCCSC)c([N+](=O)[O-])cc1F. The number of nitro benzene ring substituents is 1. The van der Waals surface area contributed by atoms with Gasteiger partial charge in [-0.25, -0.2) is 4.39 Å². The van der Waals surface area contributed by atoms with Crippen molar-refractivity contribution in [2.24, 2.45) is 0 Å². The first kappa shape index (κ1) is 17.2. The third-order valence-electron chi connectivity index (χ3n) is 2.70. The topological polar surface area (TPSA) is 84.3 Å². The van der Waals surface area contributed by atoms with Crippen LogP contribution in [0.15, 0.2) is 12.1 Å². The van der Waals surface area contributed by atoms with Crippen LogP contribution in [0.3, 0.4) is 0 Å². The number of anilines is 1. The Kier molecular flexibility index (Phi) is 6.93. The maximum Gasteiger partial charge on any atom is 0.285 e. The van der Waals surface area contributed by atoms with Gasteiger partial charge in [0.05, 0.1) is 16.7 Å². The lowest BCUT2D eigenvalue weighted by atomic mass is 10.1. The van der Waals surface area contributed by atoms with E-state index in [2.05, 4.69) is 10.6 Å². The molecule has 0 aliphatic rings. The van der Waals surface area contributed by atoms with Gasteiger partial charge in [-0.3, -0.25) is 14.9 Å². The number of benzene rings is 1. The number of thioether (sulfide) groups is 1. The highest BCUT2D eigenvalue weighted by Gasteiger charge is 2.23. The van der Waals surface area contributed by atoms with Crippen LogP contribution in [-0.2, 0) is 0 Å². The fourth-order valence-electron chi connectivity index (χ4n) is 1.74. The number of nitrogens with zero attached hydrogens (tertiary/aromatic N) is 1.